The summed E-state index contributed by atoms with van der Waals surface area (Å²) in [5.74, 6) is -2.26. The molecule has 24 heavy (non-hydrogen) atoms. The quantitative estimate of drug-likeness (QED) is 0.365. The lowest BCUT2D eigenvalue weighted by atomic mass is 10.1. The van der Waals surface area contributed by atoms with E-state index in [1.165, 1.54) is 6.07 Å². The number of amides is 2. The fourth-order valence-electron chi connectivity index (χ4n) is 1.88. The third-order valence-corrected chi connectivity index (χ3v) is 2.87. The molecule has 0 radical (unpaired) electrons. The molecule has 0 unspecified atom stereocenters. The van der Waals surface area contributed by atoms with Gasteiger partial charge in [0.1, 0.15) is 5.82 Å². The number of aromatic nitrogens is 1. The van der Waals surface area contributed by atoms with Gasteiger partial charge in [-0.05, 0) is 25.1 Å². The minimum absolute atomic E-state index is 0.0309. The molecule has 2 amide bonds. The zero-order valence-corrected chi connectivity index (χ0v) is 12.9. The maximum atomic E-state index is 13.8. The second-order valence-corrected chi connectivity index (χ2v) is 4.77. The average molecular weight is 334 g/mol. The average Bonchev–Trinajstić information content (AvgIpc) is 2.85. The molecule has 0 bridgehead atoms. The molecule has 0 spiro atoms. The Labute approximate surface area is 135 Å². The Morgan fingerprint density at radius 2 is 1.96 bits per heavy atom. The van der Waals surface area contributed by atoms with Gasteiger partial charge in [-0.25, -0.2) is 14.8 Å². The van der Waals surface area contributed by atoms with Gasteiger partial charge in [-0.2, -0.15) is 0 Å². The number of rotatable bonds is 4. The van der Waals surface area contributed by atoms with Crippen LogP contribution in [0.1, 0.15) is 32.5 Å². The van der Waals surface area contributed by atoms with E-state index in [4.69, 9.17) is 15.9 Å². The summed E-state index contributed by atoms with van der Waals surface area (Å²) in [5.41, 5.74) is 12.4. The molecular weight excluding hydrogens is 319 g/mol. The maximum Gasteiger partial charge on any atom is 0.293 e. The van der Waals surface area contributed by atoms with Gasteiger partial charge < -0.3 is 21.2 Å². The SMILES string of the molecule is Cc1nc(C)c(C(=O)Nc2ccc(F)c(C(=O)NN=C(N)N)c2)o1. The summed E-state index contributed by atoms with van der Waals surface area (Å²) in [6, 6.07) is 3.46. The molecule has 9 nitrogen and oxygen atoms in total. The molecule has 1 aromatic heterocycles. The molecule has 1 heterocycles. The van der Waals surface area contributed by atoms with Crippen LogP contribution in [0, 0.1) is 19.7 Å². The van der Waals surface area contributed by atoms with E-state index in [9.17, 15) is 14.0 Å². The van der Waals surface area contributed by atoms with Crippen LogP contribution in [0.15, 0.2) is 27.7 Å². The minimum Gasteiger partial charge on any atom is -0.436 e. The van der Waals surface area contributed by atoms with Crippen LogP contribution in [0.4, 0.5) is 10.1 Å². The number of nitrogens with one attached hydrogen (secondary N) is 2. The summed E-state index contributed by atoms with van der Waals surface area (Å²) in [5, 5.41) is 5.79. The van der Waals surface area contributed by atoms with Crippen molar-refractivity contribution in [3.63, 3.8) is 0 Å². The van der Waals surface area contributed by atoms with Crippen molar-refractivity contribution in [3.05, 3.63) is 46.9 Å². The molecule has 2 aromatic rings. The summed E-state index contributed by atoms with van der Waals surface area (Å²) >= 11 is 0. The number of oxazole rings is 1. The van der Waals surface area contributed by atoms with Crippen LogP contribution in [0.3, 0.4) is 0 Å². The third-order valence-electron chi connectivity index (χ3n) is 2.87. The number of nitrogens with two attached hydrogens (primary N) is 2. The normalized spacial score (nSPS) is 10.1. The molecule has 0 fully saturated rings. The summed E-state index contributed by atoms with van der Waals surface area (Å²) in [6.07, 6.45) is 0. The Balaban J connectivity index is 2.21. The zero-order valence-electron chi connectivity index (χ0n) is 12.9. The number of nitrogens with zero attached hydrogens (tertiary/aromatic N) is 2. The molecule has 126 valence electrons. The van der Waals surface area contributed by atoms with Crippen molar-refractivity contribution in [2.75, 3.05) is 5.32 Å². The Morgan fingerprint density at radius 1 is 1.25 bits per heavy atom. The van der Waals surface area contributed by atoms with Crippen LogP contribution < -0.4 is 22.2 Å². The molecule has 10 heteroatoms. The fraction of sp³-hybridized carbons (Fsp3) is 0.143. The second-order valence-electron chi connectivity index (χ2n) is 4.77. The fourth-order valence-corrected chi connectivity index (χ4v) is 1.88. The van der Waals surface area contributed by atoms with Gasteiger partial charge in [0.25, 0.3) is 11.8 Å². The summed E-state index contributed by atoms with van der Waals surface area (Å²) in [4.78, 5) is 27.9. The molecule has 0 aliphatic heterocycles. The number of benzene rings is 1. The van der Waals surface area contributed by atoms with Gasteiger partial charge in [-0.1, -0.05) is 0 Å². The summed E-state index contributed by atoms with van der Waals surface area (Å²) in [6.45, 7) is 3.22. The number of halogens is 1. The second kappa shape index (κ2) is 6.77. The minimum atomic E-state index is -0.872. The van der Waals surface area contributed by atoms with Crippen molar-refractivity contribution in [2.24, 2.45) is 16.6 Å². The molecule has 6 N–H and O–H groups in total. The van der Waals surface area contributed by atoms with Crippen LogP contribution in [-0.2, 0) is 0 Å². The van der Waals surface area contributed by atoms with E-state index in [1.54, 1.807) is 13.8 Å². The Morgan fingerprint density at radius 3 is 2.54 bits per heavy atom. The van der Waals surface area contributed by atoms with Gasteiger partial charge in [0, 0.05) is 12.6 Å². The van der Waals surface area contributed by atoms with E-state index >= 15 is 0 Å². The van der Waals surface area contributed by atoms with E-state index < -0.39 is 17.6 Å². The van der Waals surface area contributed by atoms with E-state index in [0.717, 1.165) is 12.1 Å². The van der Waals surface area contributed by atoms with Crippen LogP contribution in [-0.4, -0.2) is 22.8 Å². The molecule has 2 rings (SSSR count). The predicted molar refractivity (Wildman–Crippen MR) is 83.6 cm³/mol. The van der Waals surface area contributed by atoms with Crippen molar-refractivity contribution >= 4 is 23.5 Å². The molecular formula is C14H15FN6O3. The first-order valence-corrected chi connectivity index (χ1v) is 6.72. The van der Waals surface area contributed by atoms with Gasteiger partial charge in [0.2, 0.25) is 11.7 Å². The van der Waals surface area contributed by atoms with Crippen LogP contribution in [0.2, 0.25) is 0 Å². The number of aryl methyl sites for hydroxylation is 2. The first-order valence-electron chi connectivity index (χ1n) is 6.72. The van der Waals surface area contributed by atoms with Crippen molar-refractivity contribution in [1.82, 2.24) is 10.4 Å². The van der Waals surface area contributed by atoms with E-state index in [2.05, 4.69) is 15.4 Å². The van der Waals surface area contributed by atoms with Gasteiger partial charge >= 0.3 is 0 Å². The lowest BCUT2D eigenvalue weighted by Crippen LogP contribution is -2.29. The number of hydrogen-bond donors (Lipinski definition) is 4. The highest BCUT2D eigenvalue weighted by Gasteiger charge is 2.18. The van der Waals surface area contributed by atoms with Crippen molar-refractivity contribution in [3.8, 4) is 0 Å². The molecule has 0 saturated heterocycles. The van der Waals surface area contributed by atoms with Gasteiger partial charge in [0.05, 0.1) is 11.3 Å². The summed E-state index contributed by atoms with van der Waals surface area (Å²) in [7, 11) is 0. The third kappa shape index (κ3) is 3.85. The topological polar surface area (TPSA) is 149 Å². The van der Waals surface area contributed by atoms with Gasteiger partial charge in [-0.3, -0.25) is 9.59 Å². The van der Waals surface area contributed by atoms with Crippen LogP contribution in [0.25, 0.3) is 0 Å². The largest absolute Gasteiger partial charge is 0.436 e. The first-order chi connectivity index (χ1) is 11.3. The van der Waals surface area contributed by atoms with Crippen molar-refractivity contribution in [2.45, 2.75) is 13.8 Å². The van der Waals surface area contributed by atoms with Gasteiger partial charge in [-0.15, -0.1) is 5.10 Å². The van der Waals surface area contributed by atoms with Crippen LogP contribution >= 0.6 is 0 Å². The van der Waals surface area contributed by atoms with Crippen LogP contribution in [0.5, 0.6) is 0 Å². The lowest BCUT2D eigenvalue weighted by Gasteiger charge is -2.07. The summed E-state index contributed by atoms with van der Waals surface area (Å²) < 4.78 is 19.0. The first kappa shape index (κ1) is 16.9. The van der Waals surface area contributed by atoms with E-state index in [1.807, 2.05) is 5.43 Å². The zero-order chi connectivity index (χ0) is 17.9. The predicted octanol–water partition coefficient (Wildman–Crippen LogP) is 0.601. The van der Waals surface area contributed by atoms with Gasteiger partial charge in [0.15, 0.2) is 5.89 Å². The standard InChI is InChI=1S/C14H15FN6O3/c1-6-11(24-7(2)18-6)13(23)19-8-3-4-10(15)9(5-8)12(22)20-21-14(16)17/h3-5H,1-2H3,(H,19,23)(H,20,22)(H4,16,17,21). The molecule has 1 aromatic carbocycles. The number of hydrazone groups is 1. The number of hydrogen-bond acceptors (Lipinski definition) is 5. The molecule has 0 atom stereocenters. The molecule has 0 aliphatic rings. The molecule has 0 aliphatic carbocycles. The Kier molecular flexibility index (Phi) is 4.78. The maximum absolute atomic E-state index is 13.8. The number of carbonyl (C=O) groups excluding carboxylic acids is 2. The van der Waals surface area contributed by atoms with Crippen molar-refractivity contribution < 1.29 is 18.4 Å². The van der Waals surface area contributed by atoms with Crippen molar-refractivity contribution in [1.29, 1.82) is 0 Å². The smallest absolute Gasteiger partial charge is 0.293 e. The number of anilines is 1. The lowest BCUT2D eigenvalue weighted by molar-refractivity contribution is 0.0948. The van der Waals surface area contributed by atoms with E-state index in [-0.39, 0.29) is 23.0 Å². The number of carbonyl (C=O) groups is 2. The highest BCUT2D eigenvalue weighted by Crippen LogP contribution is 2.17. The number of guanidine groups is 1. The Bertz CT molecular complexity index is 826. The molecule has 0 saturated carbocycles. The Hall–Kier alpha value is -3.43. The van der Waals surface area contributed by atoms with E-state index in [0.29, 0.717) is 11.6 Å². The monoisotopic (exact) mass is 334 g/mol. The highest BCUT2D eigenvalue weighted by atomic mass is 19.1. The highest BCUT2D eigenvalue weighted by molar-refractivity contribution is 6.04.